The van der Waals surface area contributed by atoms with Gasteiger partial charge in [0, 0.05) is 13.5 Å². The largest absolute Gasteiger partial charge is 0.462 e. The van der Waals surface area contributed by atoms with Crippen LogP contribution >= 0.6 is 0 Å². The van der Waals surface area contributed by atoms with Gasteiger partial charge in [0.25, 0.3) is 0 Å². The molecule has 0 radical (unpaired) electrons. The fourth-order valence-electron chi connectivity index (χ4n) is 3.01. The molecule has 6 heteroatoms. The first-order chi connectivity index (χ1) is 11.6. The van der Waals surface area contributed by atoms with Crippen LogP contribution in [0.5, 0.6) is 0 Å². The Morgan fingerprint density at radius 2 is 2.29 bits per heavy atom. The summed E-state index contributed by atoms with van der Waals surface area (Å²) in [6.45, 7) is 4.65. The van der Waals surface area contributed by atoms with E-state index in [1.54, 1.807) is 0 Å². The van der Waals surface area contributed by atoms with Gasteiger partial charge in [-0.15, -0.1) is 0 Å². The number of anilines is 1. The van der Waals surface area contributed by atoms with Crippen molar-refractivity contribution in [2.24, 2.45) is 0 Å². The number of nitriles is 1. The summed E-state index contributed by atoms with van der Waals surface area (Å²) in [6.07, 6.45) is 2.02. The maximum Gasteiger partial charge on any atom is 0.217 e. The summed E-state index contributed by atoms with van der Waals surface area (Å²) in [4.78, 5) is 17.7. The molecule has 6 nitrogen and oxygen atoms in total. The predicted octanol–water partition coefficient (Wildman–Crippen LogP) is 2.83. The highest BCUT2D eigenvalue weighted by molar-refractivity contribution is 5.72. The third kappa shape index (κ3) is 3.25. The lowest BCUT2D eigenvalue weighted by Crippen LogP contribution is -2.23. The minimum Gasteiger partial charge on any atom is -0.462 e. The lowest BCUT2D eigenvalue weighted by Gasteiger charge is -2.24. The molecule has 3 rings (SSSR count). The van der Waals surface area contributed by atoms with Crippen molar-refractivity contribution in [3.63, 3.8) is 0 Å². The van der Waals surface area contributed by atoms with E-state index in [1.807, 2.05) is 31.2 Å². The standard InChI is InChI=1S/C18H20N4O2/c1-12-5-8-18(21-15(12)10-19)22-9-3-4-16(22)17-7-6-14(24-17)11-20-13(2)23/h5-8,16H,3-4,9,11H2,1-2H3,(H,20,23). The molecule has 2 aromatic rings. The minimum atomic E-state index is -0.0802. The average molecular weight is 324 g/mol. The zero-order valence-corrected chi connectivity index (χ0v) is 13.9. The zero-order valence-electron chi connectivity index (χ0n) is 13.9. The van der Waals surface area contributed by atoms with E-state index in [4.69, 9.17) is 4.42 Å². The minimum absolute atomic E-state index is 0.0802. The Bertz CT molecular complexity index is 791. The van der Waals surface area contributed by atoms with Gasteiger partial charge in [-0.05, 0) is 43.5 Å². The van der Waals surface area contributed by atoms with Crippen LogP contribution in [0.3, 0.4) is 0 Å². The molecule has 0 spiro atoms. The van der Waals surface area contributed by atoms with Gasteiger partial charge < -0.3 is 14.6 Å². The third-order valence-corrected chi connectivity index (χ3v) is 4.26. The molecule has 1 atom stereocenters. The summed E-state index contributed by atoms with van der Waals surface area (Å²) in [6, 6.07) is 9.99. The van der Waals surface area contributed by atoms with E-state index in [9.17, 15) is 10.1 Å². The number of nitrogens with zero attached hydrogens (tertiary/aromatic N) is 3. The molecule has 0 saturated carbocycles. The Kier molecular flexibility index (Phi) is 4.52. The highest BCUT2D eigenvalue weighted by atomic mass is 16.3. The number of amides is 1. The molecule has 1 aliphatic rings. The summed E-state index contributed by atoms with van der Waals surface area (Å²) >= 11 is 0. The van der Waals surface area contributed by atoms with Gasteiger partial charge in [-0.1, -0.05) is 6.07 Å². The lowest BCUT2D eigenvalue weighted by molar-refractivity contribution is -0.119. The molecule has 0 bridgehead atoms. The first-order valence-electron chi connectivity index (χ1n) is 8.06. The zero-order chi connectivity index (χ0) is 17.1. The molecule has 124 valence electrons. The van der Waals surface area contributed by atoms with Crippen LogP contribution in [0.2, 0.25) is 0 Å². The van der Waals surface area contributed by atoms with Gasteiger partial charge in [0.1, 0.15) is 29.1 Å². The summed E-state index contributed by atoms with van der Waals surface area (Å²) in [5.41, 5.74) is 1.34. The summed E-state index contributed by atoms with van der Waals surface area (Å²) in [5.74, 6) is 2.33. The normalized spacial score (nSPS) is 16.9. The first-order valence-corrected chi connectivity index (χ1v) is 8.06. The average Bonchev–Trinajstić information content (AvgIpc) is 3.22. The van der Waals surface area contributed by atoms with Gasteiger partial charge in [0.2, 0.25) is 5.91 Å². The SMILES string of the molecule is CC(=O)NCc1ccc(C2CCCN2c2ccc(C)c(C#N)n2)o1. The highest BCUT2D eigenvalue weighted by Gasteiger charge is 2.29. The van der Waals surface area contributed by atoms with E-state index in [-0.39, 0.29) is 11.9 Å². The van der Waals surface area contributed by atoms with E-state index in [1.165, 1.54) is 6.92 Å². The molecule has 2 aromatic heterocycles. The number of aryl methyl sites for hydroxylation is 1. The summed E-state index contributed by atoms with van der Waals surface area (Å²) in [7, 11) is 0. The molecule has 24 heavy (non-hydrogen) atoms. The number of hydrogen-bond acceptors (Lipinski definition) is 5. The van der Waals surface area contributed by atoms with E-state index in [2.05, 4.69) is 21.3 Å². The fraction of sp³-hybridized carbons (Fsp3) is 0.389. The van der Waals surface area contributed by atoms with E-state index >= 15 is 0 Å². The molecule has 1 saturated heterocycles. The first kappa shape index (κ1) is 16.1. The molecule has 0 aliphatic carbocycles. The number of hydrogen-bond donors (Lipinski definition) is 1. The van der Waals surface area contributed by atoms with Gasteiger partial charge in [-0.3, -0.25) is 4.79 Å². The van der Waals surface area contributed by atoms with Crippen LogP contribution in [-0.4, -0.2) is 17.4 Å². The quantitative estimate of drug-likeness (QED) is 0.935. The van der Waals surface area contributed by atoms with Crippen molar-refractivity contribution in [3.8, 4) is 6.07 Å². The monoisotopic (exact) mass is 324 g/mol. The number of furan rings is 1. The molecule has 1 unspecified atom stereocenters. The highest BCUT2D eigenvalue weighted by Crippen LogP contribution is 2.36. The number of carbonyl (C=O) groups excluding carboxylic acids is 1. The number of aromatic nitrogens is 1. The molecular formula is C18H20N4O2. The van der Waals surface area contributed by atoms with Crippen LogP contribution in [0.15, 0.2) is 28.7 Å². The van der Waals surface area contributed by atoms with Crippen molar-refractivity contribution < 1.29 is 9.21 Å². The Morgan fingerprint density at radius 3 is 3.04 bits per heavy atom. The molecule has 1 aliphatic heterocycles. The number of pyridine rings is 1. The van der Waals surface area contributed by atoms with Crippen molar-refractivity contribution in [1.82, 2.24) is 10.3 Å². The summed E-state index contributed by atoms with van der Waals surface area (Å²) in [5, 5.41) is 11.9. The number of carbonyl (C=O) groups is 1. The topological polar surface area (TPSA) is 82.2 Å². The maximum absolute atomic E-state index is 11.0. The van der Waals surface area contributed by atoms with Crippen LogP contribution in [-0.2, 0) is 11.3 Å². The molecule has 1 fully saturated rings. The Labute approximate surface area is 141 Å². The van der Waals surface area contributed by atoms with Gasteiger partial charge >= 0.3 is 0 Å². The van der Waals surface area contributed by atoms with Crippen molar-refractivity contribution in [3.05, 3.63) is 47.0 Å². The van der Waals surface area contributed by atoms with Gasteiger partial charge in [-0.2, -0.15) is 5.26 Å². The van der Waals surface area contributed by atoms with Crippen LogP contribution in [0.1, 0.15) is 48.6 Å². The van der Waals surface area contributed by atoms with Crippen LogP contribution in [0, 0.1) is 18.3 Å². The molecule has 3 heterocycles. The fourth-order valence-corrected chi connectivity index (χ4v) is 3.01. The van der Waals surface area contributed by atoms with E-state index < -0.39 is 0 Å². The number of nitrogens with one attached hydrogen (secondary N) is 1. The predicted molar refractivity (Wildman–Crippen MR) is 89.2 cm³/mol. The second kappa shape index (κ2) is 6.75. The maximum atomic E-state index is 11.0. The van der Waals surface area contributed by atoms with Gasteiger partial charge in [0.15, 0.2) is 0 Å². The smallest absolute Gasteiger partial charge is 0.217 e. The second-order valence-electron chi connectivity index (χ2n) is 6.01. The van der Waals surface area contributed by atoms with Crippen LogP contribution < -0.4 is 10.2 Å². The Balaban J connectivity index is 1.81. The van der Waals surface area contributed by atoms with E-state index in [0.29, 0.717) is 12.2 Å². The summed E-state index contributed by atoms with van der Waals surface area (Å²) < 4.78 is 5.90. The lowest BCUT2D eigenvalue weighted by atomic mass is 10.1. The second-order valence-corrected chi connectivity index (χ2v) is 6.01. The van der Waals surface area contributed by atoms with Gasteiger partial charge in [-0.25, -0.2) is 4.98 Å². The van der Waals surface area contributed by atoms with Crippen molar-refractivity contribution >= 4 is 11.7 Å². The van der Waals surface area contributed by atoms with Crippen molar-refractivity contribution in [1.29, 1.82) is 5.26 Å². The Hall–Kier alpha value is -2.81. The van der Waals surface area contributed by atoms with Crippen LogP contribution in [0.4, 0.5) is 5.82 Å². The number of rotatable bonds is 4. The third-order valence-electron chi connectivity index (χ3n) is 4.26. The van der Waals surface area contributed by atoms with Gasteiger partial charge in [0.05, 0.1) is 12.6 Å². The Morgan fingerprint density at radius 1 is 1.46 bits per heavy atom. The van der Waals surface area contributed by atoms with Crippen LogP contribution in [0.25, 0.3) is 0 Å². The molecule has 0 aromatic carbocycles. The molecule has 1 amide bonds. The van der Waals surface area contributed by atoms with E-state index in [0.717, 1.165) is 42.3 Å². The van der Waals surface area contributed by atoms with Crippen molar-refractivity contribution in [2.45, 2.75) is 39.3 Å². The molecule has 1 N–H and O–H groups in total. The molecular weight excluding hydrogens is 304 g/mol. The van der Waals surface area contributed by atoms with Crippen molar-refractivity contribution in [2.75, 3.05) is 11.4 Å².